The molecule has 4 N–H and O–H groups in total. The first-order valence-electron chi connectivity index (χ1n) is 5.20. The maximum atomic E-state index is 11.9. The molecule has 1 rings (SSSR count). The Bertz CT molecular complexity index is 491. The van der Waals surface area contributed by atoms with E-state index in [0.717, 1.165) is 0 Å². The monoisotopic (exact) mass is 271 g/mol. The van der Waals surface area contributed by atoms with E-state index in [2.05, 4.69) is 4.74 Å². The normalized spacial score (nSPS) is 10.0. The van der Waals surface area contributed by atoms with Crippen molar-refractivity contribution in [1.29, 1.82) is 0 Å². The van der Waals surface area contributed by atoms with Crippen molar-refractivity contribution in [1.82, 2.24) is 5.01 Å². The molecule has 1 aromatic carbocycles. The Labute approximate surface area is 109 Å². The standard InChI is InChI=1S/C11H14ClN3O3/c1-3-18-11(17)15(14)10(16)8-5-7(12)4-6(2)9(8)13/h4-5H,3,13-14H2,1-2H3. The highest BCUT2D eigenvalue weighted by Crippen LogP contribution is 2.23. The van der Waals surface area contributed by atoms with Gasteiger partial charge in [0.05, 0.1) is 12.2 Å². The molecule has 0 saturated carbocycles. The zero-order valence-electron chi connectivity index (χ0n) is 10.1. The largest absolute Gasteiger partial charge is 0.448 e. The first kappa shape index (κ1) is 14.3. The number of imide groups is 1. The summed E-state index contributed by atoms with van der Waals surface area (Å²) in [5.74, 6) is 4.59. The number of nitrogens with two attached hydrogens (primary N) is 2. The van der Waals surface area contributed by atoms with E-state index in [1.54, 1.807) is 19.9 Å². The zero-order valence-corrected chi connectivity index (χ0v) is 10.8. The summed E-state index contributed by atoms with van der Waals surface area (Å²) < 4.78 is 4.61. The lowest BCUT2D eigenvalue weighted by atomic mass is 10.1. The number of carbonyl (C=O) groups is 2. The van der Waals surface area contributed by atoms with Gasteiger partial charge in [-0.3, -0.25) is 4.79 Å². The lowest BCUT2D eigenvalue weighted by Gasteiger charge is -2.16. The van der Waals surface area contributed by atoms with Crippen LogP contribution in [0.15, 0.2) is 12.1 Å². The number of rotatable bonds is 2. The number of halogens is 1. The van der Waals surface area contributed by atoms with Crippen LogP contribution in [0.4, 0.5) is 10.5 Å². The van der Waals surface area contributed by atoms with Crippen molar-refractivity contribution in [3.8, 4) is 0 Å². The molecular weight excluding hydrogens is 258 g/mol. The van der Waals surface area contributed by atoms with Crippen molar-refractivity contribution >= 4 is 29.3 Å². The molecular formula is C11H14ClN3O3. The Morgan fingerprint density at radius 1 is 1.44 bits per heavy atom. The average molecular weight is 272 g/mol. The molecule has 0 unspecified atom stereocenters. The third-order valence-corrected chi connectivity index (χ3v) is 2.48. The number of amides is 2. The van der Waals surface area contributed by atoms with Crippen LogP contribution in [0.5, 0.6) is 0 Å². The Kier molecular flexibility index (Phi) is 4.52. The Morgan fingerprint density at radius 2 is 2.06 bits per heavy atom. The van der Waals surface area contributed by atoms with E-state index in [1.165, 1.54) is 6.07 Å². The molecule has 0 atom stereocenters. The van der Waals surface area contributed by atoms with Crippen molar-refractivity contribution in [2.45, 2.75) is 13.8 Å². The summed E-state index contributed by atoms with van der Waals surface area (Å²) in [5.41, 5.74) is 6.67. The van der Waals surface area contributed by atoms with Crippen LogP contribution in [0.2, 0.25) is 5.02 Å². The molecule has 0 aliphatic heterocycles. The number of benzene rings is 1. The predicted molar refractivity (Wildman–Crippen MR) is 68.0 cm³/mol. The van der Waals surface area contributed by atoms with E-state index in [-0.39, 0.29) is 17.9 Å². The number of hydrogen-bond donors (Lipinski definition) is 2. The van der Waals surface area contributed by atoms with Crippen molar-refractivity contribution in [2.24, 2.45) is 5.84 Å². The van der Waals surface area contributed by atoms with Crippen molar-refractivity contribution in [3.05, 3.63) is 28.3 Å². The first-order chi connectivity index (χ1) is 8.38. The highest BCUT2D eigenvalue weighted by molar-refractivity contribution is 6.31. The van der Waals surface area contributed by atoms with Crippen LogP contribution in [0.1, 0.15) is 22.8 Å². The van der Waals surface area contributed by atoms with Crippen molar-refractivity contribution in [3.63, 3.8) is 0 Å². The molecule has 0 fully saturated rings. The van der Waals surface area contributed by atoms with Gasteiger partial charge in [0.2, 0.25) is 0 Å². The molecule has 0 aliphatic rings. The third-order valence-electron chi connectivity index (χ3n) is 2.27. The second-order valence-corrected chi connectivity index (χ2v) is 3.99. The highest BCUT2D eigenvalue weighted by atomic mass is 35.5. The van der Waals surface area contributed by atoms with Gasteiger partial charge < -0.3 is 10.5 Å². The van der Waals surface area contributed by atoms with Gasteiger partial charge in [-0.2, -0.15) is 5.01 Å². The number of hydrogen-bond acceptors (Lipinski definition) is 5. The molecule has 1 aromatic rings. The second-order valence-electron chi connectivity index (χ2n) is 3.56. The van der Waals surface area contributed by atoms with Crippen LogP contribution in [0.3, 0.4) is 0 Å². The summed E-state index contributed by atoms with van der Waals surface area (Å²) in [6.45, 7) is 3.42. The van der Waals surface area contributed by atoms with Gasteiger partial charge in [0, 0.05) is 10.7 Å². The van der Waals surface area contributed by atoms with Crippen LogP contribution < -0.4 is 11.6 Å². The minimum absolute atomic E-state index is 0.0653. The molecule has 0 bridgehead atoms. The quantitative estimate of drug-likeness (QED) is 0.369. The van der Waals surface area contributed by atoms with E-state index < -0.39 is 12.0 Å². The van der Waals surface area contributed by atoms with Gasteiger partial charge in [-0.25, -0.2) is 10.6 Å². The molecule has 0 radical (unpaired) electrons. The average Bonchev–Trinajstić information content (AvgIpc) is 2.32. The molecule has 6 nitrogen and oxygen atoms in total. The van der Waals surface area contributed by atoms with Gasteiger partial charge in [0.1, 0.15) is 0 Å². The van der Waals surface area contributed by atoms with E-state index >= 15 is 0 Å². The summed E-state index contributed by atoms with van der Waals surface area (Å²) in [4.78, 5) is 23.3. The van der Waals surface area contributed by atoms with Crippen LogP contribution in [-0.4, -0.2) is 23.6 Å². The Morgan fingerprint density at radius 3 is 2.61 bits per heavy atom. The zero-order chi connectivity index (χ0) is 13.9. The molecule has 2 amide bonds. The third kappa shape index (κ3) is 2.91. The van der Waals surface area contributed by atoms with Gasteiger partial charge in [-0.05, 0) is 31.5 Å². The highest BCUT2D eigenvalue weighted by Gasteiger charge is 2.23. The maximum absolute atomic E-state index is 11.9. The SMILES string of the molecule is CCOC(=O)N(N)C(=O)c1cc(Cl)cc(C)c1N. The molecule has 0 heterocycles. The van der Waals surface area contributed by atoms with Crippen molar-refractivity contribution < 1.29 is 14.3 Å². The number of ether oxygens (including phenoxy) is 1. The molecule has 0 aliphatic carbocycles. The number of hydrazine groups is 1. The van der Waals surface area contributed by atoms with E-state index in [1.807, 2.05) is 0 Å². The van der Waals surface area contributed by atoms with E-state index in [0.29, 0.717) is 15.6 Å². The number of nitrogens with zero attached hydrogens (tertiary/aromatic N) is 1. The van der Waals surface area contributed by atoms with E-state index in [9.17, 15) is 9.59 Å². The summed E-state index contributed by atoms with van der Waals surface area (Å²) in [6.07, 6.45) is -0.945. The fourth-order valence-corrected chi connectivity index (χ4v) is 1.61. The summed E-state index contributed by atoms with van der Waals surface area (Å²) in [5, 5.41) is 0.702. The van der Waals surface area contributed by atoms with Crippen LogP contribution in [0.25, 0.3) is 0 Å². The van der Waals surface area contributed by atoms with Gasteiger partial charge in [-0.1, -0.05) is 11.6 Å². The molecule has 0 saturated heterocycles. The number of anilines is 1. The Balaban J connectivity index is 3.07. The topological polar surface area (TPSA) is 98.6 Å². The number of aryl methyl sites for hydroxylation is 1. The lowest BCUT2D eigenvalue weighted by molar-refractivity contribution is 0.0673. The molecule has 0 spiro atoms. The fourth-order valence-electron chi connectivity index (χ4n) is 1.34. The smallest absolute Gasteiger partial charge is 0.431 e. The van der Waals surface area contributed by atoms with E-state index in [4.69, 9.17) is 23.2 Å². The number of carbonyl (C=O) groups excluding carboxylic acids is 2. The fraction of sp³-hybridized carbons (Fsp3) is 0.273. The maximum Gasteiger partial charge on any atom is 0.431 e. The lowest BCUT2D eigenvalue weighted by Crippen LogP contribution is -2.43. The molecule has 18 heavy (non-hydrogen) atoms. The van der Waals surface area contributed by atoms with Crippen LogP contribution in [0, 0.1) is 6.92 Å². The van der Waals surface area contributed by atoms with Gasteiger partial charge in [0.25, 0.3) is 5.91 Å². The molecule has 98 valence electrons. The minimum Gasteiger partial charge on any atom is -0.448 e. The number of nitrogen functional groups attached to an aromatic ring is 1. The van der Waals surface area contributed by atoms with Gasteiger partial charge in [0.15, 0.2) is 0 Å². The summed E-state index contributed by atoms with van der Waals surface area (Å²) in [7, 11) is 0. The second kappa shape index (κ2) is 5.70. The molecule has 0 aromatic heterocycles. The predicted octanol–water partition coefficient (Wildman–Crippen LogP) is 1.70. The minimum atomic E-state index is -0.945. The summed E-state index contributed by atoms with van der Waals surface area (Å²) in [6, 6.07) is 2.96. The van der Waals surface area contributed by atoms with Crippen molar-refractivity contribution in [2.75, 3.05) is 12.3 Å². The van der Waals surface area contributed by atoms with Crippen LogP contribution >= 0.6 is 11.6 Å². The van der Waals surface area contributed by atoms with Crippen LogP contribution in [-0.2, 0) is 4.74 Å². The first-order valence-corrected chi connectivity index (χ1v) is 5.57. The Hall–Kier alpha value is -1.79. The van der Waals surface area contributed by atoms with Gasteiger partial charge >= 0.3 is 6.09 Å². The molecule has 7 heteroatoms. The van der Waals surface area contributed by atoms with Gasteiger partial charge in [-0.15, -0.1) is 0 Å². The summed E-state index contributed by atoms with van der Waals surface area (Å²) >= 11 is 5.83.